The molecular weight excluding hydrogens is 202 g/mol. The molecule has 0 spiro atoms. The number of nitrogens with zero attached hydrogens (tertiary/aromatic N) is 1. The number of amides is 1. The van der Waals surface area contributed by atoms with Gasteiger partial charge in [-0.3, -0.25) is 0 Å². The van der Waals surface area contributed by atoms with Gasteiger partial charge in [-0.05, 0) is 46.5 Å². The average Bonchev–Trinajstić information content (AvgIpc) is 2.15. The Kier molecular flexibility index (Phi) is 4.00. The van der Waals surface area contributed by atoms with Crippen LogP contribution < -0.4 is 0 Å². The normalized spacial score (nSPS) is 21.8. The van der Waals surface area contributed by atoms with E-state index in [0.29, 0.717) is 5.92 Å². The Balaban J connectivity index is 2.54. The van der Waals surface area contributed by atoms with Crippen LogP contribution in [-0.2, 0) is 4.74 Å². The third kappa shape index (κ3) is 3.87. The van der Waals surface area contributed by atoms with Crippen LogP contribution in [0, 0.1) is 5.92 Å². The number of carbonyl (C=O) groups excluding carboxylic acids is 1. The maximum Gasteiger partial charge on any atom is 0.410 e. The molecule has 0 aromatic rings. The van der Waals surface area contributed by atoms with Crippen LogP contribution in [0.2, 0.25) is 0 Å². The van der Waals surface area contributed by atoms with Gasteiger partial charge >= 0.3 is 6.09 Å². The Hall–Kier alpha value is -0.990. The molecule has 0 saturated carbocycles. The van der Waals surface area contributed by atoms with Crippen molar-refractivity contribution in [3.8, 4) is 0 Å². The molecule has 0 aromatic heterocycles. The van der Waals surface area contributed by atoms with E-state index >= 15 is 0 Å². The smallest absolute Gasteiger partial charge is 0.410 e. The van der Waals surface area contributed by atoms with Gasteiger partial charge in [0.05, 0.1) is 0 Å². The molecule has 0 aromatic carbocycles. The van der Waals surface area contributed by atoms with E-state index in [1.54, 1.807) is 4.90 Å². The van der Waals surface area contributed by atoms with Gasteiger partial charge in [-0.15, -0.1) is 0 Å². The van der Waals surface area contributed by atoms with Gasteiger partial charge in [-0.2, -0.15) is 0 Å². The summed E-state index contributed by atoms with van der Waals surface area (Å²) in [7, 11) is 0. The van der Waals surface area contributed by atoms with Crippen LogP contribution in [0.3, 0.4) is 0 Å². The minimum absolute atomic E-state index is 0.196. The lowest BCUT2D eigenvalue weighted by Crippen LogP contribution is -2.43. The zero-order chi connectivity index (χ0) is 12.3. The van der Waals surface area contributed by atoms with E-state index in [4.69, 9.17) is 4.74 Å². The third-order valence-corrected chi connectivity index (χ3v) is 2.77. The first-order chi connectivity index (χ1) is 7.29. The molecular formula is C13H23NO2. The molecule has 92 valence electrons. The van der Waals surface area contributed by atoms with E-state index in [1.165, 1.54) is 0 Å². The fourth-order valence-electron chi connectivity index (χ4n) is 1.87. The van der Waals surface area contributed by atoms with E-state index in [1.807, 2.05) is 27.7 Å². The lowest BCUT2D eigenvalue weighted by atomic mass is 9.92. The van der Waals surface area contributed by atoms with Crippen LogP contribution in [0.5, 0.6) is 0 Å². The zero-order valence-corrected chi connectivity index (χ0v) is 10.9. The summed E-state index contributed by atoms with van der Waals surface area (Å²) >= 11 is 0. The van der Waals surface area contributed by atoms with Crippen LogP contribution >= 0.6 is 0 Å². The second kappa shape index (κ2) is 4.89. The van der Waals surface area contributed by atoms with Crippen LogP contribution in [0.1, 0.15) is 40.5 Å². The van der Waals surface area contributed by atoms with Crippen molar-refractivity contribution >= 4 is 6.09 Å². The highest BCUT2D eigenvalue weighted by molar-refractivity contribution is 5.68. The molecule has 1 aliphatic heterocycles. The van der Waals surface area contributed by atoms with Crippen molar-refractivity contribution in [1.82, 2.24) is 4.90 Å². The summed E-state index contributed by atoms with van der Waals surface area (Å²) in [5, 5.41) is 0. The number of hydrogen-bond acceptors (Lipinski definition) is 2. The zero-order valence-electron chi connectivity index (χ0n) is 10.9. The maximum atomic E-state index is 11.9. The molecule has 0 N–H and O–H groups in total. The standard InChI is InChI=1S/C13H23NO2/c1-10(2)11-7-6-8-14(9-11)12(15)16-13(3,4)5/h11H,1,6-9H2,2-5H3/t11-/m0/s1. The first-order valence-electron chi connectivity index (χ1n) is 5.93. The molecule has 0 unspecified atom stereocenters. The van der Waals surface area contributed by atoms with E-state index in [9.17, 15) is 4.79 Å². The Morgan fingerprint density at radius 2 is 2.06 bits per heavy atom. The predicted octanol–water partition coefficient (Wildman–Crippen LogP) is 3.21. The summed E-state index contributed by atoms with van der Waals surface area (Å²) < 4.78 is 5.36. The van der Waals surface area contributed by atoms with Gasteiger partial charge in [0.15, 0.2) is 0 Å². The molecule has 1 atom stereocenters. The lowest BCUT2D eigenvalue weighted by Gasteiger charge is -2.34. The molecule has 1 amide bonds. The van der Waals surface area contributed by atoms with Gasteiger partial charge in [0.1, 0.15) is 5.60 Å². The highest BCUT2D eigenvalue weighted by Crippen LogP contribution is 2.23. The van der Waals surface area contributed by atoms with E-state index in [-0.39, 0.29) is 6.09 Å². The summed E-state index contributed by atoms with van der Waals surface area (Å²) in [6.45, 7) is 13.2. The first-order valence-corrected chi connectivity index (χ1v) is 5.93. The van der Waals surface area contributed by atoms with Crippen molar-refractivity contribution in [2.45, 2.75) is 46.1 Å². The fraction of sp³-hybridized carbons (Fsp3) is 0.769. The van der Waals surface area contributed by atoms with Crippen molar-refractivity contribution in [1.29, 1.82) is 0 Å². The molecule has 1 saturated heterocycles. The monoisotopic (exact) mass is 225 g/mol. The SMILES string of the molecule is C=C(C)[C@H]1CCCN(C(=O)OC(C)(C)C)C1. The minimum Gasteiger partial charge on any atom is -0.444 e. The first kappa shape index (κ1) is 13.1. The highest BCUT2D eigenvalue weighted by atomic mass is 16.6. The Labute approximate surface area is 98.5 Å². The molecule has 1 heterocycles. The van der Waals surface area contributed by atoms with Crippen molar-refractivity contribution in [2.24, 2.45) is 5.92 Å². The summed E-state index contributed by atoms with van der Waals surface area (Å²) in [6, 6.07) is 0. The van der Waals surface area contributed by atoms with E-state index in [2.05, 4.69) is 6.58 Å². The van der Waals surface area contributed by atoms with Crippen LogP contribution in [0.15, 0.2) is 12.2 Å². The lowest BCUT2D eigenvalue weighted by molar-refractivity contribution is 0.0183. The van der Waals surface area contributed by atoms with E-state index < -0.39 is 5.60 Å². The quantitative estimate of drug-likeness (QED) is 0.641. The van der Waals surface area contributed by atoms with Crippen LogP contribution in [0.25, 0.3) is 0 Å². The number of carbonyl (C=O) groups is 1. The molecule has 0 aliphatic carbocycles. The van der Waals surface area contributed by atoms with Crippen LogP contribution in [0.4, 0.5) is 4.79 Å². The molecule has 0 radical (unpaired) electrons. The van der Waals surface area contributed by atoms with Crippen molar-refractivity contribution < 1.29 is 9.53 Å². The molecule has 1 rings (SSSR count). The Morgan fingerprint density at radius 3 is 2.56 bits per heavy atom. The number of rotatable bonds is 1. The molecule has 16 heavy (non-hydrogen) atoms. The largest absolute Gasteiger partial charge is 0.444 e. The van der Waals surface area contributed by atoms with Gasteiger partial charge in [-0.1, -0.05) is 12.2 Å². The van der Waals surface area contributed by atoms with Gasteiger partial charge in [-0.25, -0.2) is 4.79 Å². The molecule has 3 nitrogen and oxygen atoms in total. The molecule has 0 bridgehead atoms. The highest BCUT2D eigenvalue weighted by Gasteiger charge is 2.27. The second-order valence-electron chi connectivity index (χ2n) is 5.61. The van der Waals surface area contributed by atoms with Gasteiger partial charge in [0.2, 0.25) is 0 Å². The predicted molar refractivity (Wildman–Crippen MR) is 65.3 cm³/mol. The number of hydrogen-bond donors (Lipinski definition) is 0. The second-order valence-corrected chi connectivity index (χ2v) is 5.61. The summed E-state index contributed by atoms with van der Waals surface area (Å²) in [5.74, 6) is 0.432. The van der Waals surface area contributed by atoms with Gasteiger partial charge in [0.25, 0.3) is 0 Å². The summed E-state index contributed by atoms with van der Waals surface area (Å²) in [5.41, 5.74) is 0.751. The van der Waals surface area contributed by atoms with Crippen LogP contribution in [-0.4, -0.2) is 29.7 Å². The number of piperidine rings is 1. The van der Waals surface area contributed by atoms with Gasteiger partial charge in [0, 0.05) is 13.1 Å². The van der Waals surface area contributed by atoms with Gasteiger partial charge < -0.3 is 9.64 Å². The maximum absolute atomic E-state index is 11.9. The average molecular weight is 225 g/mol. The Bertz CT molecular complexity index is 278. The van der Waals surface area contributed by atoms with Crippen molar-refractivity contribution in [3.05, 3.63) is 12.2 Å². The topological polar surface area (TPSA) is 29.5 Å². The van der Waals surface area contributed by atoms with Crippen molar-refractivity contribution in [3.63, 3.8) is 0 Å². The molecule has 1 aliphatic rings. The third-order valence-electron chi connectivity index (χ3n) is 2.77. The Morgan fingerprint density at radius 1 is 1.44 bits per heavy atom. The van der Waals surface area contributed by atoms with E-state index in [0.717, 1.165) is 31.5 Å². The van der Waals surface area contributed by atoms with Crippen molar-refractivity contribution in [2.75, 3.05) is 13.1 Å². The molecule has 3 heteroatoms. The molecule has 1 fully saturated rings. The fourth-order valence-corrected chi connectivity index (χ4v) is 1.87. The number of likely N-dealkylation sites (tertiary alicyclic amines) is 1. The summed E-state index contributed by atoms with van der Waals surface area (Å²) in [4.78, 5) is 13.7. The number of ether oxygens (including phenoxy) is 1. The summed E-state index contributed by atoms with van der Waals surface area (Å²) in [6.07, 6.45) is 1.98. The minimum atomic E-state index is -0.409.